The normalized spacial score (nSPS) is 14.5. The SMILES string of the molecule is CC(=O)c1cccc(-c2cccc(N/N=C3\C(=O)N(c4ccc(C)c(C)c4)N=C3C)c2O)c1. The van der Waals surface area contributed by atoms with Crippen molar-refractivity contribution in [3.63, 3.8) is 0 Å². The quantitative estimate of drug-likeness (QED) is 0.329. The molecule has 0 spiro atoms. The van der Waals surface area contributed by atoms with E-state index >= 15 is 0 Å². The van der Waals surface area contributed by atoms with Gasteiger partial charge in [-0.2, -0.15) is 15.2 Å². The monoisotopic (exact) mass is 440 g/mol. The average Bonchev–Trinajstić information content (AvgIpc) is 3.08. The molecule has 1 aliphatic heterocycles. The molecule has 0 saturated carbocycles. The highest BCUT2D eigenvalue weighted by Gasteiger charge is 2.31. The Balaban J connectivity index is 1.61. The molecule has 1 heterocycles. The van der Waals surface area contributed by atoms with Crippen molar-refractivity contribution < 1.29 is 14.7 Å². The summed E-state index contributed by atoms with van der Waals surface area (Å²) in [6.07, 6.45) is 0. The van der Waals surface area contributed by atoms with Crippen LogP contribution in [0.15, 0.2) is 70.9 Å². The minimum atomic E-state index is -0.354. The van der Waals surface area contributed by atoms with Crippen molar-refractivity contribution in [1.82, 2.24) is 0 Å². The third-order valence-corrected chi connectivity index (χ3v) is 5.63. The zero-order chi connectivity index (χ0) is 23.7. The number of rotatable bonds is 5. The molecule has 3 aromatic rings. The van der Waals surface area contributed by atoms with E-state index in [1.165, 1.54) is 11.9 Å². The number of ketones is 1. The van der Waals surface area contributed by atoms with Gasteiger partial charge in [0.25, 0.3) is 0 Å². The molecule has 0 radical (unpaired) electrons. The van der Waals surface area contributed by atoms with Gasteiger partial charge in [-0.15, -0.1) is 0 Å². The Hall–Kier alpha value is -4.26. The van der Waals surface area contributed by atoms with Crippen LogP contribution in [0, 0.1) is 13.8 Å². The molecule has 2 N–H and O–H groups in total. The summed E-state index contributed by atoms with van der Waals surface area (Å²) in [5, 5.41) is 20.7. The number of hydrogen-bond acceptors (Lipinski definition) is 6. The number of hydrazone groups is 2. The summed E-state index contributed by atoms with van der Waals surface area (Å²) in [5.74, 6) is -0.443. The van der Waals surface area contributed by atoms with Gasteiger partial charge in [0.2, 0.25) is 0 Å². The second-order valence-electron chi connectivity index (χ2n) is 7.98. The fourth-order valence-corrected chi connectivity index (χ4v) is 3.55. The van der Waals surface area contributed by atoms with Crippen LogP contribution in [-0.2, 0) is 4.79 Å². The largest absolute Gasteiger partial charge is 0.505 e. The molecule has 0 saturated heterocycles. The zero-order valence-electron chi connectivity index (χ0n) is 18.9. The number of para-hydroxylation sites is 1. The summed E-state index contributed by atoms with van der Waals surface area (Å²) in [6, 6.07) is 17.9. The summed E-state index contributed by atoms with van der Waals surface area (Å²) >= 11 is 0. The number of phenolic OH excluding ortho intramolecular Hbond substituents is 1. The second kappa shape index (κ2) is 8.70. The first-order valence-corrected chi connectivity index (χ1v) is 10.5. The third-order valence-electron chi connectivity index (χ3n) is 5.63. The molecule has 0 atom stereocenters. The van der Waals surface area contributed by atoms with E-state index < -0.39 is 0 Å². The first-order chi connectivity index (χ1) is 15.8. The number of nitrogens with one attached hydrogen (secondary N) is 1. The second-order valence-corrected chi connectivity index (χ2v) is 7.98. The summed E-state index contributed by atoms with van der Waals surface area (Å²) in [7, 11) is 0. The Bertz CT molecular complexity index is 1340. The molecule has 4 rings (SSSR count). The number of phenols is 1. The molecule has 0 aromatic heterocycles. The molecule has 7 nitrogen and oxygen atoms in total. The molecule has 3 aromatic carbocycles. The Morgan fingerprint density at radius 3 is 2.48 bits per heavy atom. The van der Waals surface area contributed by atoms with E-state index in [1.54, 1.807) is 43.3 Å². The standard InChI is InChI=1S/C26H24N4O3/c1-15-11-12-21(13-16(15)2)30-26(33)24(17(3)29-30)28-27-23-10-6-9-22(25(23)32)20-8-5-7-19(14-20)18(4)31/h5-14,27,32H,1-4H3/b28-24-. The van der Waals surface area contributed by atoms with Crippen LogP contribution in [0.3, 0.4) is 0 Å². The average molecular weight is 441 g/mol. The molecule has 7 heteroatoms. The fourth-order valence-electron chi connectivity index (χ4n) is 3.55. The van der Waals surface area contributed by atoms with E-state index in [9.17, 15) is 14.7 Å². The predicted octanol–water partition coefficient (Wildman–Crippen LogP) is 5.07. The van der Waals surface area contributed by atoms with Crippen molar-refractivity contribution >= 4 is 34.5 Å². The predicted molar refractivity (Wildman–Crippen MR) is 131 cm³/mol. The van der Waals surface area contributed by atoms with Crippen molar-refractivity contribution in [2.45, 2.75) is 27.7 Å². The van der Waals surface area contributed by atoms with E-state index in [-0.39, 0.29) is 23.2 Å². The number of carbonyl (C=O) groups is 2. The van der Waals surface area contributed by atoms with Gasteiger partial charge in [-0.3, -0.25) is 15.0 Å². The zero-order valence-corrected chi connectivity index (χ0v) is 18.9. The third kappa shape index (κ3) is 4.25. The maximum atomic E-state index is 13.0. The molecule has 33 heavy (non-hydrogen) atoms. The number of aryl methyl sites for hydroxylation is 2. The van der Waals surface area contributed by atoms with E-state index in [2.05, 4.69) is 15.6 Å². The van der Waals surface area contributed by atoms with Gasteiger partial charge < -0.3 is 5.11 Å². The van der Waals surface area contributed by atoms with Crippen LogP contribution < -0.4 is 10.4 Å². The molecular formula is C26H24N4O3. The van der Waals surface area contributed by atoms with E-state index in [1.807, 2.05) is 38.1 Å². The van der Waals surface area contributed by atoms with Gasteiger partial charge in [0, 0.05) is 11.1 Å². The van der Waals surface area contributed by atoms with Crippen LogP contribution >= 0.6 is 0 Å². The lowest BCUT2D eigenvalue weighted by molar-refractivity contribution is -0.112. The lowest BCUT2D eigenvalue weighted by atomic mass is 10.0. The molecule has 1 amide bonds. The lowest BCUT2D eigenvalue weighted by Crippen LogP contribution is -2.28. The topological polar surface area (TPSA) is 94.4 Å². The Morgan fingerprint density at radius 1 is 1.00 bits per heavy atom. The van der Waals surface area contributed by atoms with Crippen LogP contribution in [0.25, 0.3) is 11.1 Å². The molecule has 0 unspecified atom stereocenters. The maximum absolute atomic E-state index is 13.0. The number of anilines is 2. The number of aromatic hydroxyl groups is 1. The number of hydrogen-bond donors (Lipinski definition) is 2. The Morgan fingerprint density at radius 2 is 1.76 bits per heavy atom. The number of amides is 1. The first kappa shape index (κ1) is 22.0. The molecule has 166 valence electrons. The van der Waals surface area contributed by atoms with Gasteiger partial charge in [-0.25, -0.2) is 0 Å². The minimum absolute atomic E-state index is 0.0337. The Kier molecular flexibility index (Phi) is 5.79. The van der Waals surface area contributed by atoms with Crippen LogP contribution in [0.4, 0.5) is 11.4 Å². The van der Waals surface area contributed by atoms with Crippen LogP contribution in [0.1, 0.15) is 35.3 Å². The van der Waals surface area contributed by atoms with Crippen LogP contribution in [-0.4, -0.2) is 28.2 Å². The van der Waals surface area contributed by atoms with Crippen LogP contribution in [0.5, 0.6) is 5.75 Å². The highest BCUT2D eigenvalue weighted by molar-refractivity contribution is 6.71. The number of nitrogens with zero attached hydrogens (tertiary/aromatic N) is 3. The smallest absolute Gasteiger partial charge is 0.301 e. The highest BCUT2D eigenvalue weighted by Crippen LogP contribution is 2.36. The van der Waals surface area contributed by atoms with Crippen molar-refractivity contribution in [3.8, 4) is 16.9 Å². The molecule has 0 fully saturated rings. The Labute approximate surface area is 192 Å². The van der Waals surface area contributed by atoms with Gasteiger partial charge >= 0.3 is 5.91 Å². The van der Waals surface area contributed by atoms with Crippen molar-refractivity contribution in [1.29, 1.82) is 0 Å². The summed E-state index contributed by atoms with van der Waals surface area (Å²) in [4.78, 5) is 24.7. The summed E-state index contributed by atoms with van der Waals surface area (Å²) in [6.45, 7) is 7.20. The number of carbonyl (C=O) groups excluding carboxylic acids is 2. The molecular weight excluding hydrogens is 416 g/mol. The lowest BCUT2D eigenvalue weighted by Gasteiger charge is -2.13. The van der Waals surface area contributed by atoms with Crippen molar-refractivity contribution in [3.05, 3.63) is 77.4 Å². The van der Waals surface area contributed by atoms with Gasteiger partial charge in [0.05, 0.1) is 17.1 Å². The maximum Gasteiger partial charge on any atom is 0.301 e. The van der Waals surface area contributed by atoms with Crippen molar-refractivity contribution in [2.24, 2.45) is 10.2 Å². The minimum Gasteiger partial charge on any atom is -0.505 e. The molecule has 1 aliphatic rings. The molecule has 0 aliphatic carbocycles. The van der Waals surface area contributed by atoms with E-state index in [0.29, 0.717) is 33.8 Å². The van der Waals surface area contributed by atoms with Crippen molar-refractivity contribution in [2.75, 3.05) is 10.4 Å². The van der Waals surface area contributed by atoms with Gasteiger partial charge in [0.1, 0.15) is 5.75 Å². The fraction of sp³-hybridized carbons (Fsp3) is 0.154. The van der Waals surface area contributed by atoms with E-state index in [0.717, 1.165) is 11.1 Å². The van der Waals surface area contributed by atoms with Gasteiger partial charge in [-0.1, -0.05) is 36.4 Å². The molecule has 0 bridgehead atoms. The summed E-state index contributed by atoms with van der Waals surface area (Å²) in [5.41, 5.74) is 8.43. The highest BCUT2D eigenvalue weighted by atomic mass is 16.3. The number of Topliss-reactive ketones (excluding diaryl/α,β-unsaturated/α-hetero) is 1. The van der Waals surface area contributed by atoms with E-state index in [4.69, 9.17) is 0 Å². The first-order valence-electron chi connectivity index (χ1n) is 10.5. The van der Waals surface area contributed by atoms with Gasteiger partial charge in [-0.05, 0) is 68.7 Å². The summed E-state index contributed by atoms with van der Waals surface area (Å²) < 4.78 is 0. The van der Waals surface area contributed by atoms with Gasteiger partial charge in [0.15, 0.2) is 11.5 Å². The number of benzene rings is 3. The van der Waals surface area contributed by atoms with Crippen LogP contribution in [0.2, 0.25) is 0 Å².